The van der Waals surface area contributed by atoms with Crippen molar-refractivity contribution in [2.45, 2.75) is 6.92 Å². The van der Waals surface area contributed by atoms with Crippen LogP contribution < -0.4 is 5.73 Å². The van der Waals surface area contributed by atoms with Gasteiger partial charge in [0.25, 0.3) is 0 Å². The summed E-state index contributed by atoms with van der Waals surface area (Å²) in [4.78, 5) is 4.53. The second-order valence-corrected chi connectivity index (χ2v) is 4.60. The number of aryl methyl sites for hydroxylation is 1. The highest BCUT2D eigenvalue weighted by Gasteiger charge is 2.09. The Balaban J connectivity index is 2.30. The molecule has 90 valence electrons. The number of nitrogens with zero attached hydrogens (tertiary/aromatic N) is 2. The maximum atomic E-state index is 6.08. The number of nitrogens with two attached hydrogens (primary N) is 1. The molecule has 1 aromatic heterocycles. The molecular weight excluding hydrogens is 246 g/mol. The van der Waals surface area contributed by atoms with Gasteiger partial charge in [0.05, 0.1) is 21.7 Å². The van der Waals surface area contributed by atoms with Crippen LogP contribution in [0.3, 0.4) is 0 Å². The van der Waals surface area contributed by atoms with E-state index < -0.39 is 0 Å². The van der Waals surface area contributed by atoms with Crippen LogP contribution in [-0.4, -0.2) is 9.55 Å². The van der Waals surface area contributed by atoms with Crippen LogP contribution in [0.25, 0.3) is 16.7 Å². The molecule has 3 nitrogen and oxygen atoms in total. The first-order valence-electron chi connectivity index (χ1n) is 5.66. The minimum atomic E-state index is 0.560. The van der Waals surface area contributed by atoms with E-state index in [4.69, 9.17) is 17.3 Å². The molecule has 0 atom stereocenters. The van der Waals surface area contributed by atoms with E-state index in [-0.39, 0.29) is 0 Å². The zero-order chi connectivity index (χ0) is 12.7. The van der Waals surface area contributed by atoms with Crippen molar-refractivity contribution in [1.29, 1.82) is 0 Å². The van der Waals surface area contributed by atoms with Gasteiger partial charge in [-0.25, -0.2) is 4.98 Å². The summed E-state index contributed by atoms with van der Waals surface area (Å²) >= 11 is 6.08. The summed E-state index contributed by atoms with van der Waals surface area (Å²) < 4.78 is 2.07. The van der Waals surface area contributed by atoms with E-state index in [2.05, 4.69) is 9.55 Å². The number of benzene rings is 2. The quantitative estimate of drug-likeness (QED) is 0.678. The van der Waals surface area contributed by atoms with Crippen molar-refractivity contribution in [3.05, 3.63) is 53.3 Å². The van der Waals surface area contributed by atoms with Gasteiger partial charge in [0.1, 0.15) is 5.82 Å². The molecule has 4 heteroatoms. The summed E-state index contributed by atoms with van der Waals surface area (Å²) in [6.07, 6.45) is 0. The van der Waals surface area contributed by atoms with Crippen molar-refractivity contribution >= 4 is 28.3 Å². The van der Waals surface area contributed by atoms with E-state index >= 15 is 0 Å². The van der Waals surface area contributed by atoms with E-state index in [1.807, 2.05) is 49.4 Å². The summed E-state index contributed by atoms with van der Waals surface area (Å²) in [6.45, 7) is 1.98. The Morgan fingerprint density at radius 3 is 2.72 bits per heavy atom. The van der Waals surface area contributed by atoms with Crippen molar-refractivity contribution in [2.75, 3.05) is 5.73 Å². The average molecular weight is 258 g/mol. The standard InChI is InChI=1S/C14H12ClN3/c1-9-17-13-4-2-3-5-14(13)18(9)10-6-7-12(16)11(15)8-10/h2-8H,16H2,1H3. The molecular formula is C14H12ClN3. The lowest BCUT2D eigenvalue weighted by molar-refractivity contribution is 1.00. The number of halogens is 1. The summed E-state index contributed by atoms with van der Waals surface area (Å²) in [5, 5.41) is 0.560. The number of nitrogen functional groups attached to an aromatic ring is 1. The van der Waals surface area contributed by atoms with Gasteiger partial charge in [0, 0.05) is 5.69 Å². The minimum Gasteiger partial charge on any atom is -0.398 e. The molecule has 3 rings (SSSR count). The lowest BCUT2D eigenvalue weighted by atomic mass is 10.2. The molecule has 0 unspecified atom stereocenters. The Kier molecular flexibility index (Phi) is 2.49. The maximum absolute atomic E-state index is 6.08. The highest BCUT2D eigenvalue weighted by Crippen LogP contribution is 2.26. The second-order valence-electron chi connectivity index (χ2n) is 4.19. The molecule has 0 fully saturated rings. The van der Waals surface area contributed by atoms with Gasteiger partial charge in [-0.2, -0.15) is 0 Å². The van der Waals surface area contributed by atoms with Crippen LogP contribution in [0.5, 0.6) is 0 Å². The molecule has 18 heavy (non-hydrogen) atoms. The Morgan fingerprint density at radius 2 is 1.94 bits per heavy atom. The molecule has 0 bridgehead atoms. The summed E-state index contributed by atoms with van der Waals surface area (Å²) in [5.74, 6) is 0.928. The smallest absolute Gasteiger partial charge is 0.111 e. The van der Waals surface area contributed by atoms with E-state index in [9.17, 15) is 0 Å². The van der Waals surface area contributed by atoms with E-state index in [0.29, 0.717) is 10.7 Å². The zero-order valence-corrected chi connectivity index (χ0v) is 10.6. The molecule has 0 spiro atoms. The van der Waals surface area contributed by atoms with Gasteiger partial charge in [0.2, 0.25) is 0 Å². The van der Waals surface area contributed by atoms with Crippen molar-refractivity contribution < 1.29 is 0 Å². The van der Waals surface area contributed by atoms with Crippen LogP contribution >= 0.6 is 11.6 Å². The van der Waals surface area contributed by atoms with E-state index in [1.54, 1.807) is 0 Å². The normalized spacial score (nSPS) is 11.0. The van der Waals surface area contributed by atoms with Gasteiger partial charge in [-0.05, 0) is 37.3 Å². The lowest BCUT2D eigenvalue weighted by Gasteiger charge is -2.08. The third kappa shape index (κ3) is 1.64. The first-order valence-corrected chi connectivity index (χ1v) is 6.04. The first-order chi connectivity index (χ1) is 8.66. The van der Waals surface area contributed by atoms with Crippen molar-refractivity contribution in [3.63, 3.8) is 0 Å². The van der Waals surface area contributed by atoms with Gasteiger partial charge in [-0.15, -0.1) is 0 Å². The Hall–Kier alpha value is -2.00. The number of fused-ring (bicyclic) bond motifs is 1. The SMILES string of the molecule is Cc1nc2ccccc2n1-c1ccc(N)c(Cl)c1. The highest BCUT2D eigenvalue weighted by atomic mass is 35.5. The van der Waals surface area contributed by atoms with Gasteiger partial charge >= 0.3 is 0 Å². The fourth-order valence-electron chi connectivity index (χ4n) is 2.13. The number of aromatic nitrogens is 2. The van der Waals surface area contributed by atoms with Crippen molar-refractivity contribution in [3.8, 4) is 5.69 Å². The van der Waals surface area contributed by atoms with Gasteiger partial charge in [0.15, 0.2) is 0 Å². The first kappa shape index (κ1) is 11.1. The highest BCUT2D eigenvalue weighted by molar-refractivity contribution is 6.33. The molecule has 0 aliphatic rings. The maximum Gasteiger partial charge on any atom is 0.111 e. The van der Waals surface area contributed by atoms with Crippen LogP contribution in [-0.2, 0) is 0 Å². The Morgan fingerprint density at radius 1 is 1.17 bits per heavy atom. The minimum absolute atomic E-state index is 0.560. The molecule has 2 aromatic carbocycles. The third-order valence-electron chi connectivity index (χ3n) is 2.97. The number of rotatable bonds is 1. The molecule has 1 heterocycles. The molecule has 3 aromatic rings. The molecule has 0 amide bonds. The number of imidazole rings is 1. The molecule has 2 N–H and O–H groups in total. The Bertz CT molecular complexity index is 731. The average Bonchev–Trinajstić information content (AvgIpc) is 2.69. The van der Waals surface area contributed by atoms with Crippen LogP contribution in [0.15, 0.2) is 42.5 Å². The number of hydrogen-bond donors (Lipinski definition) is 1. The molecule has 0 radical (unpaired) electrons. The van der Waals surface area contributed by atoms with Crippen LogP contribution in [0.2, 0.25) is 5.02 Å². The summed E-state index contributed by atoms with van der Waals surface area (Å²) in [5.41, 5.74) is 9.33. The lowest BCUT2D eigenvalue weighted by Crippen LogP contribution is -1.97. The van der Waals surface area contributed by atoms with Gasteiger partial charge in [-0.3, -0.25) is 4.57 Å². The summed E-state index contributed by atoms with van der Waals surface area (Å²) in [7, 11) is 0. The van der Waals surface area contributed by atoms with Gasteiger partial charge in [-0.1, -0.05) is 23.7 Å². The second kappa shape index (κ2) is 4.03. The van der Waals surface area contributed by atoms with Crippen molar-refractivity contribution in [2.24, 2.45) is 0 Å². The third-order valence-corrected chi connectivity index (χ3v) is 3.30. The zero-order valence-electron chi connectivity index (χ0n) is 9.89. The fraction of sp³-hybridized carbons (Fsp3) is 0.0714. The van der Waals surface area contributed by atoms with E-state index in [0.717, 1.165) is 22.5 Å². The topological polar surface area (TPSA) is 43.8 Å². The predicted octanol–water partition coefficient (Wildman–Crippen LogP) is 3.57. The summed E-state index contributed by atoms with van der Waals surface area (Å²) in [6, 6.07) is 13.6. The molecule has 0 aliphatic carbocycles. The predicted molar refractivity (Wildman–Crippen MR) is 75.2 cm³/mol. The molecule has 0 saturated heterocycles. The largest absolute Gasteiger partial charge is 0.398 e. The number of anilines is 1. The fourth-order valence-corrected chi connectivity index (χ4v) is 2.30. The van der Waals surface area contributed by atoms with Gasteiger partial charge < -0.3 is 5.73 Å². The van der Waals surface area contributed by atoms with Crippen molar-refractivity contribution in [1.82, 2.24) is 9.55 Å². The molecule has 0 saturated carbocycles. The Labute approximate surface area is 110 Å². The van der Waals surface area contributed by atoms with Crippen LogP contribution in [0.1, 0.15) is 5.82 Å². The van der Waals surface area contributed by atoms with Crippen LogP contribution in [0.4, 0.5) is 5.69 Å². The van der Waals surface area contributed by atoms with Crippen LogP contribution in [0, 0.1) is 6.92 Å². The van der Waals surface area contributed by atoms with E-state index in [1.165, 1.54) is 0 Å². The molecule has 0 aliphatic heterocycles. The number of hydrogen-bond acceptors (Lipinski definition) is 2. The number of para-hydroxylation sites is 2. The monoisotopic (exact) mass is 257 g/mol.